The number of carbonyl (C=O) groups excluding carboxylic acids is 2. The SMILES string of the molecule is O=C(CC1CCC1)N1CCc2c(cn(-c3ccc(F)cc3)c(=O)c2C(=O)N2CCCC2)C1. The number of hydrogen-bond acceptors (Lipinski definition) is 3. The molecule has 1 saturated carbocycles. The molecule has 32 heavy (non-hydrogen) atoms. The Morgan fingerprint density at radius 2 is 1.69 bits per heavy atom. The number of carbonyl (C=O) groups is 2. The second-order valence-corrected chi connectivity index (χ2v) is 9.23. The highest BCUT2D eigenvalue weighted by molar-refractivity contribution is 5.96. The fourth-order valence-electron chi connectivity index (χ4n) is 5.03. The van der Waals surface area contributed by atoms with Gasteiger partial charge in [0.05, 0.1) is 0 Å². The van der Waals surface area contributed by atoms with Crippen LogP contribution in [0, 0.1) is 11.7 Å². The Balaban J connectivity index is 1.54. The number of aromatic nitrogens is 1. The molecular formula is C25H28FN3O3. The molecule has 0 unspecified atom stereocenters. The average Bonchev–Trinajstić information content (AvgIpc) is 3.31. The number of fused-ring (bicyclic) bond motifs is 1. The molecule has 1 aromatic carbocycles. The zero-order chi connectivity index (χ0) is 22.2. The van der Waals surface area contributed by atoms with Crippen molar-refractivity contribution in [1.29, 1.82) is 0 Å². The van der Waals surface area contributed by atoms with E-state index in [1.54, 1.807) is 11.1 Å². The first kappa shape index (κ1) is 20.9. The van der Waals surface area contributed by atoms with Crippen molar-refractivity contribution in [3.63, 3.8) is 0 Å². The molecule has 2 fully saturated rings. The molecule has 3 aliphatic rings. The van der Waals surface area contributed by atoms with Gasteiger partial charge >= 0.3 is 0 Å². The van der Waals surface area contributed by atoms with Crippen LogP contribution in [0.4, 0.5) is 4.39 Å². The summed E-state index contributed by atoms with van der Waals surface area (Å²) in [7, 11) is 0. The summed E-state index contributed by atoms with van der Waals surface area (Å²) in [5, 5.41) is 0. The summed E-state index contributed by atoms with van der Waals surface area (Å²) in [4.78, 5) is 43.3. The minimum Gasteiger partial charge on any atom is -0.338 e. The Hall–Kier alpha value is -2.96. The molecule has 0 atom stereocenters. The summed E-state index contributed by atoms with van der Waals surface area (Å²) < 4.78 is 14.9. The van der Waals surface area contributed by atoms with Crippen molar-refractivity contribution in [2.75, 3.05) is 19.6 Å². The number of rotatable bonds is 4. The summed E-state index contributed by atoms with van der Waals surface area (Å²) in [6.07, 6.45) is 8.13. The van der Waals surface area contributed by atoms with Crippen LogP contribution in [-0.4, -0.2) is 45.8 Å². The Labute approximate surface area is 186 Å². The van der Waals surface area contributed by atoms with Gasteiger partial charge in [-0.05, 0) is 73.4 Å². The molecule has 0 spiro atoms. The molecule has 5 rings (SSSR count). The minimum absolute atomic E-state index is 0.146. The molecule has 2 aromatic rings. The highest BCUT2D eigenvalue weighted by Gasteiger charge is 2.32. The van der Waals surface area contributed by atoms with E-state index in [0.717, 1.165) is 36.8 Å². The fourth-order valence-corrected chi connectivity index (χ4v) is 5.03. The molecule has 0 bridgehead atoms. The molecule has 2 aliphatic heterocycles. The lowest BCUT2D eigenvalue weighted by Crippen LogP contribution is -2.42. The zero-order valence-corrected chi connectivity index (χ0v) is 18.2. The van der Waals surface area contributed by atoms with Crippen molar-refractivity contribution in [3.8, 4) is 5.69 Å². The van der Waals surface area contributed by atoms with E-state index < -0.39 is 0 Å². The number of halogens is 1. The van der Waals surface area contributed by atoms with Crippen molar-refractivity contribution in [1.82, 2.24) is 14.4 Å². The van der Waals surface area contributed by atoms with Gasteiger partial charge in [-0.15, -0.1) is 0 Å². The maximum atomic E-state index is 13.5. The molecule has 6 nitrogen and oxygen atoms in total. The summed E-state index contributed by atoms with van der Waals surface area (Å²) in [5.41, 5.74) is 1.93. The molecule has 2 amide bonds. The van der Waals surface area contributed by atoms with Crippen molar-refractivity contribution in [3.05, 3.63) is 63.3 Å². The van der Waals surface area contributed by atoms with Gasteiger partial charge in [-0.2, -0.15) is 0 Å². The van der Waals surface area contributed by atoms with Gasteiger partial charge in [0.1, 0.15) is 11.4 Å². The lowest BCUT2D eigenvalue weighted by Gasteiger charge is -2.33. The lowest BCUT2D eigenvalue weighted by molar-refractivity contribution is -0.133. The first-order valence-electron chi connectivity index (χ1n) is 11.6. The smallest absolute Gasteiger partial charge is 0.268 e. The molecule has 1 aromatic heterocycles. The van der Waals surface area contributed by atoms with E-state index in [2.05, 4.69) is 0 Å². The Morgan fingerprint density at radius 1 is 0.969 bits per heavy atom. The highest BCUT2D eigenvalue weighted by Crippen LogP contribution is 2.31. The van der Waals surface area contributed by atoms with Crippen molar-refractivity contribution in [2.24, 2.45) is 5.92 Å². The standard InChI is InChI=1S/C25H28FN3O3/c26-19-6-8-20(9-7-19)29-16-18-15-28(22(30)14-17-4-3-5-17)13-10-21(18)23(25(29)32)24(31)27-11-1-2-12-27/h6-9,16-17H,1-5,10-15H2. The van der Waals surface area contributed by atoms with E-state index in [1.165, 1.54) is 35.3 Å². The van der Waals surface area contributed by atoms with Gasteiger partial charge in [0.15, 0.2) is 0 Å². The number of amides is 2. The van der Waals surface area contributed by atoms with Gasteiger partial charge in [-0.3, -0.25) is 19.0 Å². The second-order valence-electron chi connectivity index (χ2n) is 9.23. The third-order valence-corrected chi connectivity index (χ3v) is 7.15. The lowest BCUT2D eigenvalue weighted by atomic mass is 9.82. The van der Waals surface area contributed by atoms with Crippen LogP contribution in [0.5, 0.6) is 0 Å². The first-order valence-corrected chi connectivity index (χ1v) is 11.6. The second kappa shape index (κ2) is 8.52. The maximum Gasteiger partial charge on any atom is 0.268 e. The summed E-state index contributed by atoms with van der Waals surface area (Å²) in [5.74, 6) is 0.0204. The fraction of sp³-hybridized carbons (Fsp3) is 0.480. The van der Waals surface area contributed by atoms with Crippen LogP contribution in [0.3, 0.4) is 0 Å². The van der Waals surface area contributed by atoms with Gasteiger partial charge in [-0.25, -0.2) is 4.39 Å². The van der Waals surface area contributed by atoms with Crippen molar-refractivity contribution in [2.45, 2.75) is 51.5 Å². The van der Waals surface area contributed by atoms with E-state index in [1.807, 2.05) is 4.90 Å². The summed E-state index contributed by atoms with van der Waals surface area (Å²) in [6.45, 7) is 2.23. The number of likely N-dealkylation sites (tertiary alicyclic amines) is 1. The normalized spacial score (nSPS) is 18.4. The Bertz CT molecular complexity index is 1100. The monoisotopic (exact) mass is 437 g/mol. The Kier molecular flexibility index (Phi) is 5.57. The van der Waals surface area contributed by atoms with E-state index >= 15 is 0 Å². The van der Waals surface area contributed by atoms with Crippen molar-refractivity contribution < 1.29 is 14.0 Å². The van der Waals surface area contributed by atoms with Crippen LogP contribution in [-0.2, 0) is 17.8 Å². The number of pyridine rings is 1. The third kappa shape index (κ3) is 3.85. The van der Waals surface area contributed by atoms with Crippen LogP contribution in [0.15, 0.2) is 35.3 Å². The first-order chi connectivity index (χ1) is 15.5. The summed E-state index contributed by atoms with van der Waals surface area (Å²) >= 11 is 0. The van der Waals surface area contributed by atoms with Crippen LogP contribution in [0.25, 0.3) is 5.69 Å². The average molecular weight is 438 g/mol. The van der Waals surface area contributed by atoms with E-state index in [4.69, 9.17) is 0 Å². The number of nitrogens with zero attached hydrogens (tertiary/aromatic N) is 3. The maximum absolute atomic E-state index is 13.5. The van der Waals surface area contributed by atoms with E-state index in [-0.39, 0.29) is 28.8 Å². The number of benzene rings is 1. The Morgan fingerprint density at radius 3 is 2.34 bits per heavy atom. The van der Waals surface area contributed by atoms with Crippen LogP contribution in [0.1, 0.15) is 60.0 Å². The largest absolute Gasteiger partial charge is 0.338 e. The topological polar surface area (TPSA) is 62.6 Å². The van der Waals surface area contributed by atoms with Gasteiger partial charge in [-0.1, -0.05) is 6.42 Å². The van der Waals surface area contributed by atoms with Crippen molar-refractivity contribution >= 4 is 11.8 Å². The van der Waals surface area contributed by atoms with Crippen LogP contribution in [0.2, 0.25) is 0 Å². The van der Waals surface area contributed by atoms with Crippen LogP contribution >= 0.6 is 0 Å². The molecular weight excluding hydrogens is 409 g/mol. The molecule has 0 N–H and O–H groups in total. The van der Waals surface area contributed by atoms with Crippen LogP contribution < -0.4 is 5.56 Å². The van der Waals surface area contributed by atoms with Gasteiger partial charge in [0.25, 0.3) is 11.5 Å². The molecule has 1 aliphatic carbocycles. The van der Waals surface area contributed by atoms with Gasteiger partial charge < -0.3 is 9.80 Å². The molecule has 168 valence electrons. The predicted molar refractivity (Wildman–Crippen MR) is 118 cm³/mol. The predicted octanol–water partition coefficient (Wildman–Crippen LogP) is 3.29. The molecule has 3 heterocycles. The van der Waals surface area contributed by atoms with Gasteiger partial charge in [0.2, 0.25) is 5.91 Å². The highest BCUT2D eigenvalue weighted by atomic mass is 19.1. The molecule has 7 heteroatoms. The number of hydrogen-bond donors (Lipinski definition) is 0. The summed E-state index contributed by atoms with van der Waals surface area (Å²) in [6, 6.07) is 5.68. The zero-order valence-electron chi connectivity index (χ0n) is 18.2. The quantitative estimate of drug-likeness (QED) is 0.738. The van der Waals surface area contributed by atoms with E-state index in [0.29, 0.717) is 50.6 Å². The van der Waals surface area contributed by atoms with Gasteiger partial charge in [0, 0.05) is 44.5 Å². The molecule has 1 saturated heterocycles. The molecule has 0 radical (unpaired) electrons. The third-order valence-electron chi connectivity index (χ3n) is 7.15. The minimum atomic E-state index is -0.388. The van der Waals surface area contributed by atoms with E-state index in [9.17, 15) is 18.8 Å².